The van der Waals surface area contributed by atoms with Gasteiger partial charge in [0.25, 0.3) is 9.70 Å². The van der Waals surface area contributed by atoms with Crippen LogP contribution in [0.3, 0.4) is 0 Å². The van der Waals surface area contributed by atoms with Crippen molar-refractivity contribution >= 4 is 40.7 Å². The zero-order chi connectivity index (χ0) is 15.3. The molecule has 5 nitrogen and oxygen atoms in total. The number of nitrogens with one attached hydrogen (secondary N) is 1. The Labute approximate surface area is 130 Å². The number of allylic oxidation sites excluding steroid dienone is 1. The van der Waals surface area contributed by atoms with Crippen molar-refractivity contribution < 1.29 is 9.90 Å². The van der Waals surface area contributed by atoms with E-state index in [4.69, 9.17) is 40.2 Å². The standard InChI is InChI=1S/C12H10Cl3N3O2/c1-7(19)9(18-16)10(8-5-3-2-4-6-8)17-11(20)12(13,14)15/h2-6,10H,1H3,(H-,17,19,20)/p+1/b9-7+. The van der Waals surface area contributed by atoms with Crippen LogP contribution in [0.25, 0.3) is 4.98 Å². The number of amides is 1. The molecule has 1 aromatic carbocycles. The minimum atomic E-state index is -2.17. The van der Waals surface area contributed by atoms with E-state index in [9.17, 15) is 9.90 Å². The smallest absolute Gasteiger partial charge is 0.424 e. The van der Waals surface area contributed by atoms with Gasteiger partial charge in [-0.3, -0.25) is 4.79 Å². The molecule has 1 aromatic rings. The van der Waals surface area contributed by atoms with Gasteiger partial charge in [-0.1, -0.05) is 65.1 Å². The van der Waals surface area contributed by atoms with E-state index in [1.54, 1.807) is 30.3 Å². The minimum Gasteiger partial charge on any atom is -0.505 e. The second-order valence-electron chi connectivity index (χ2n) is 3.89. The summed E-state index contributed by atoms with van der Waals surface area (Å²) >= 11 is 16.5. The summed E-state index contributed by atoms with van der Waals surface area (Å²) in [7, 11) is 0. The van der Waals surface area contributed by atoms with Crippen molar-refractivity contribution in [3.8, 4) is 0 Å². The number of benzene rings is 1. The van der Waals surface area contributed by atoms with E-state index in [1.807, 2.05) is 0 Å². The summed E-state index contributed by atoms with van der Waals surface area (Å²) in [6, 6.07) is 7.57. The summed E-state index contributed by atoms with van der Waals surface area (Å²) in [6.07, 6.45) is 0. The first-order chi connectivity index (χ1) is 9.27. The third kappa shape index (κ3) is 4.27. The van der Waals surface area contributed by atoms with Crippen molar-refractivity contribution in [2.75, 3.05) is 0 Å². The van der Waals surface area contributed by atoms with Crippen LogP contribution in [0.2, 0.25) is 0 Å². The molecule has 0 radical (unpaired) electrons. The SMILES string of the molecule is C/C(O)=C(\[N+]#N)C(NC(=O)C(Cl)(Cl)Cl)c1ccccc1. The molecule has 0 bridgehead atoms. The van der Waals surface area contributed by atoms with Gasteiger partial charge in [-0.05, 0) is 5.56 Å². The molecule has 0 spiro atoms. The lowest BCUT2D eigenvalue weighted by molar-refractivity contribution is -0.120. The Morgan fingerprint density at radius 1 is 1.35 bits per heavy atom. The average molecular weight is 336 g/mol. The van der Waals surface area contributed by atoms with Gasteiger partial charge in [-0.25, -0.2) is 0 Å². The lowest BCUT2D eigenvalue weighted by Crippen LogP contribution is -2.38. The van der Waals surface area contributed by atoms with Crippen molar-refractivity contribution in [2.45, 2.75) is 16.8 Å². The molecule has 2 N–H and O–H groups in total. The molecule has 1 amide bonds. The number of alkyl halides is 3. The lowest BCUT2D eigenvalue weighted by atomic mass is 10.0. The van der Waals surface area contributed by atoms with Crippen LogP contribution in [-0.4, -0.2) is 14.8 Å². The molecule has 20 heavy (non-hydrogen) atoms. The van der Waals surface area contributed by atoms with Crippen LogP contribution in [-0.2, 0) is 4.79 Å². The fourth-order valence-electron chi connectivity index (χ4n) is 1.51. The maximum Gasteiger partial charge on any atom is 0.424 e. The molecule has 0 saturated heterocycles. The van der Waals surface area contributed by atoms with E-state index in [-0.39, 0.29) is 11.5 Å². The highest BCUT2D eigenvalue weighted by Crippen LogP contribution is 2.30. The van der Waals surface area contributed by atoms with Crippen LogP contribution in [0, 0.1) is 5.39 Å². The predicted molar refractivity (Wildman–Crippen MR) is 78.0 cm³/mol. The van der Waals surface area contributed by atoms with Gasteiger partial charge < -0.3 is 10.4 Å². The maximum absolute atomic E-state index is 11.8. The van der Waals surface area contributed by atoms with E-state index in [2.05, 4.69) is 10.3 Å². The van der Waals surface area contributed by atoms with E-state index in [0.29, 0.717) is 5.56 Å². The number of aliphatic hydroxyl groups is 1. The fraction of sp³-hybridized carbons (Fsp3) is 0.250. The highest BCUT2D eigenvalue weighted by Gasteiger charge is 2.38. The number of nitrogens with zero attached hydrogens (tertiary/aromatic N) is 2. The second kappa shape index (κ2) is 6.80. The molecule has 0 heterocycles. The molecule has 0 fully saturated rings. The van der Waals surface area contributed by atoms with E-state index < -0.39 is 15.7 Å². The molecule has 1 rings (SSSR count). The first kappa shape index (κ1) is 16.6. The van der Waals surface area contributed by atoms with E-state index in [0.717, 1.165) is 0 Å². The Morgan fingerprint density at radius 3 is 2.30 bits per heavy atom. The summed E-state index contributed by atoms with van der Waals surface area (Å²) in [6.45, 7) is 1.31. The van der Waals surface area contributed by atoms with Crippen LogP contribution >= 0.6 is 34.8 Å². The molecular weight excluding hydrogens is 325 g/mol. The first-order valence-corrected chi connectivity index (χ1v) is 6.58. The largest absolute Gasteiger partial charge is 0.505 e. The third-order valence-electron chi connectivity index (χ3n) is 2.42. The van der Waals surface area contributed by atoms with Gasteiger partial charge in [-0.2, -0.15) is 0 Å². The van der Waals surface area contributed by atoms with Crippen molar-refractivity contribution in [3.63, 3.8) is 0 Å². The topological polar surface area (TPSA) is 77.5 Å². The lowest BCUT2D eigenvalue weighted by Gasteiger charge is -2.17. The molecule has 1 atom stereocenters. The van der Waals surface area contributed by atoms with Gasteiger partial charge in [0.15, 0.2) is 16.8 Å². The maximum atomic E-state index is 11.8. The monoisotopic (exact) mass is 334 g/mol. The number of carbonyl (C=O) groups excluding carboxylic acids is 1. The molecule has 1 unspecified atom stereocenters. The summed E-state index contributed by atoms with van der Waals surface area (Å²) in [5, 5.41) is 20.9. The van der Waals surface area contributed by atoms with Crippen LogP contribution in [0.15, 0.2) is 41.8 Å². The molecule has 0 aliphatic heterocycles. The van der Waals surface area contributed by atoms with Crippen LogP contribution in [0.1, 0.15) is 18.5 Å². The third-order valence-corrected chi connectivity index (χ3v) is 2.93. The van der Waals surface area contributed by atoms with Crippen molar-refractivity contribution in [1.29, 1.82) is 5.39 Å². The molecule has 0 aliphatic carbocycles. The number of carbonyl (C=O) groups is 1. The number of diazo groups is 1. The Balaban J connectivity index is 3.21. The highest BCUT2D eigenvalue weighted by molar-refractivity contribution is 6.76. The Morgan fingerprint density at radius 2 is 1.90 bits per heavy atom. The molecule has 106 valence electrons. The Hall–Kier alpha value is -1.48. The summed E-state index contributed by atoms with van der Waals surface area (Å²) < 4.78 is -2.17. The van der Waals surface area contributed by atoms with Gasteiger partial charge in [0.05, 0.1) is 0 Å². The van der Waals surface area contributed by atoms with Crippen LogP contribution < -0.4 is 5.32 Å². The normalized spacial score (nSPS) is 13.9. The van der Waals surface area contributed by atoms with E-state index >= 15 is 0 Å². The van der Waals surface area contributed by atoms with Crippen LogP contribution in [0.5, 0.6) is 0 Å². The minimum absolute atomic E-state index is 0.154. The van der Waals surface area contributed by atoms with Gasteiger partial charge in [0.1, 0.15) is 0 Å². The van der Waals surface area contributed by atoms with Gasteiger partial charge in [0.2, 0.25) is 5.39 Å². The predicted octanol–water partition coefficient (Wildman–Crippen LogP) is 3.86. The summed E-state index contributed by atoms with van der Waals surface area (Å²) in [5.74, 6) is -1.18. The van der Waals surface area contributed by atoms with Crippen molar-refractivity contribution in [3.05, 3.63) is 52.3 Å². The Bertz CT molecular complexity index is 558. The van der Waals surface area contributed by atoms with Gasteiger partial charge in [-0.15, -0.1) is 0 Å². The quantitative estimate of drug-likeness (QED) is 0.500. The van der Waals surface area contributed by atoms with E-state index in [1.165, 1.54) is 6.92 Å². The second-order valence-corrected chi connectivity index (χ2v) is 6.17. The average Bonchev–Trinajstić information content (AvgIpc) is 2.37. The molecular formula is C12H11Cl3N3O2+. The summed E-state index contributed by atoms with van der Waals surface area (Å²) in [4.78, 5) is 14.7. The molecule has 8 heteroatoms. The first-order valence-electron chi connectivity index (χ1n) is 5.44. The van der Waals surface area contributed by atoms with Gasteiger partial charge >= 0.3 is 5.70 Å². The number of aliphatic hydroxyl groups excluding tert-OH is 1. The van der Waals surface area contributed by atoms with Crippen molar-refractivity contribution in [2.24, 2.45) is 0 Å². The number of hydrogen-bond donors (Lipinski definition) is 2. The molecule has 0 aromatic heterocycles. The summed E-state index contributed by atoms with van der Waals surface area (Å²) in [5.41, 5.74) is 0.398. The number of halogens is 3. The van der Waals surface area contributed by atoms with Gasteiger partial charge in [0, 0.05) is 6.92 Å². The van der Waals surface area contributed by atoms with Crippen LogP contribution in [0.4, 0.5) is 0 Å². The zero-order valence-corrected chi connectivity index (χ0v) is 12.6. The highest BCUT2D eigenvalue weighted by atomic mass is 35.6. The number of hydrogen-bond acceptors (Lipinski definition) is 3. The van der Waals surface area contributed by atoms with Crippen molar-refractivity contribution in [1.82, 2.24) is 5.32 Å². The number of rotatable bonds is 3. The fourth-order valence-corrected chi connectivity index (χ4v) is 1.67. The molecule has 0 aliphatic rings. The zero-order valence-electron chi connectivity index (χ0n) is 10.3. The Kier molecular flexibility index (Phi) is 5.63. The molecule has 0 saturated carbocycles.